The highest BCUT2D eigenvalue weighted by atomic mass is 32.1. The standard InChI is InChI=1S/C34H23FN4O8S/c1-2-46-33(41)29-30(20-8-4-3-5-9-20)36-34-37(31(29)21-12-14-23(35)15-13-21)32(40)28(48-34)18-22-10-6-7-11-26(22)47-27-17-16-24(38(42)43)19-25(27)39(44)45/h3-19,31H,2H2,1H3/b28-18+/t31-/m1/s1. The van der Waals surface area contributed by atoms with E-state index in [0.717, 1.165) is 29.5 Å². The number of hydrogen-bond acceptors (Lipinski definition) is 10. The summed E-state index contributed by atoms with van der Waals surface area (Å²) in [5, 5.41) is 22.9. The molecule has 0 N–H and O–H groups in total. The lowest BCUT2D eigenvalue weighted by atomic mass is 9.93. The van der Waals surface area contributed by atoms with Crippen LogP contribution in [0.15, 0.2) is 112 Å². The highest BCUT2D eigenvalue weighted by Crippen LogP contribution is 2.37. The van der Waals surface area contributed by atoms with E-state index in [-0.39, 0.29) is 33.0 Å². The number of fused-ring (bicyclic) bond motifs is 1. The van der Waals surface area contributed by atoms with Crippen LogP contribution in [0.1, 0.15) is 29.7 Å². The van der Waals surface area contributed by atoms with Gasteiger partial charge in [-0.3, -0.25) is 29.6 Å². The van der Waals surface area contributed by atoms with Crippen LogP contribution in [0, 0.1) is 26.0 Å². The third kappa shape index (κ3) is 6.11. The zero-order chi connectivity index (χ0) is 33.9. The van der Waals surface area contributed by atoms with Gasteiger partial charge in [0.15, 0.2) is 4.80 Å². The van der Waals surface area contributed by atoms with E-state index in [1.807, 2.05) is 6.07 Å². The molecule has 48 heavy (non-hydrogen) atoms. The fourth-order valence-electron chi connectivity index (χ4n) is 5.20. The van der Waals surface area contributed by atoms with Crippen LogP contribution in [0.2, 0.25) is 0 Å². The predicted molar refractivity (Wildman–Crippen MR) is 174 cm³/mol. The minimum Gasteiger partial charge on any atom is -0.463 e. The van der Waals surface area contributed by atoms with Crippen LogP contribution >= 0.6 is 11.3 Å². The molecule has 1 aliphatic heterocycles. The first kappa shape index (κ1) is 31.7. The lowest BCUT2D eigenvalue weighted by Gasteiger charge is -2.25. The number of nitrogens with zero attached hydrogens (tertiary/aromatic N) is 4. The molecule has 6 rings (SSSR count). The van der Waals surface area contributed by atoms with Crippen LogP contribution in [0.25, 0.3) is 11.8 Å². The summed E-state index contributed by atoms with van der Waals surface area (Å²) in [4.78, 5) is 54.2. The quantitative estimate of drug-likeness (QED) is 0.110. The van der Waals surface area contributed by atoms with Crippen molar-refractivity contribution in [3.63, 3.8) is 0 Å². The minimum absolute atomic E-state index is 0.0642. The Bertz CT molecular complexity index is 2300. The van der Waals surface area contributed by atoms with Crippen molar-refractivity contribution in [3.8, 4) is 11.5 Å². The third-order valence-electron chi connectivity index (χ3n) is 7.33. The Morgan fingerprint density at radius 3 is 2.35 bits per heavy atom. The Labute approximate surface area is 274 Å². The molecule has 1 aromatic heterocycles. The molecule has 0 aliphatic carbocycles. The van der Waals surface area contributed by atoms with Crippen molar-refractivity contribution >= 4 is 40.5 Å². The average molecular weight is 667 g/mol. The van der Waals surface area contributed by atoms with Gasteiger partial charge in [-0.25, -0.2) is 14.2 Å². The van der Waals surface area contributed by atoms with Gasteiger partial charge in [-0.05, 0) is 42.8 Å². The average Bonchev–Trinajstić information content (AvgIpc) is 3.39. The highest BCUT2D eigenvalue weighted by Gasteiger charge is 2.35. The SMILES string of the molecule is CCOC(=O)C1=C(c2ccccc2)N=c2s/c(=C/c3ccccc3Oc3ccc([N+](=O)[O-])cc3[N+](=O)[O-])c(=O)n2[C@@H]1c1ccc(F)cc1. The maximum Gasteiger partial charge on any atom is 0.338 e. The molecule has 0 bridgehead atoms. The number of ether oxygens (including phenoxy) is 2. The van der Waals surface area contributed by atoms with Gasteiger partial charge in [0.25, 0.3) is 11.2 Å². The van der Waals surface area contributed by atoms with Gasteiger partial charge >= 0.3 is 11.7 Å². The summed E-state index contributed by atoms with van der Waals surface area (Å²) >= 11 is 1.04. The van der Waals surface area contributed by atoms with Gasteiger partial charge in [0, 0.05) is 17.2 Å². The van der Waals surface area contributed by atoms with E-state index in [2.05, 4.69) is 0 Å². The summed E-state index contributed by atoms with van der Waals surface area (Å²) in [6.45, 7) is 1.72. The number of nitro benzene ring substituents is 2. The number of para-hydroxylation sites is 1. The number of halogens is 1. The topological polar surface area (TPSA) is 156 Å². The van der Waals surface area contributed by atoms with E-state index in [0.29, 0.717) is 22.4 Å². The smallest absolute Gasteiger partial charge is 0.338 e. The molecular weight excluding hydrogens is 643 g/mol. The number of benzene rings is 4. The summed E-state index contributed by atoms with van der Waals surface area (Å²) in [6.07, 6.45) is 1.52. The number of esters is 1. The molecule has 12 nitrogen and oxygen atoms in total. The van der Waals surface area contributed by atoms with Crippen LogP contribution in [0.3, 0.4) is 0 Å². The molecule has 0 amide bonds. The van der Waals surface area contributed by atoms with Crippen molar-refractivity contribution in [3.05, 3.63) is 165 Å². The summed E-state index contributed by atoms with van der Waals surface area (Å²) in [5.74, 6) is -1.29. The number of thiazole rings is 1. The zero-order valence-corrected chi connectivity index (χ0v) is 25.8. The van der Waals surface area contributed by atoms with Gasteiger partial charge in [-0.15, -0.1) is 0 Å². The molecule has 240 valence electrons. The Hall–Kier alpha value is -6.28. The number of hydrogen-bond donors (Lipinski definition) is 0. The lowest BCUT2D eigenvalue weighted by Crippen LogP contribution is -2.40. The third-order valence-corrected chi connectivity index (χ3v) is 8.32. The van der Waals surface area contributed by atoms with Gasteiger partial charge in [0.2, 0.25) is 5.75 Å². The summed E-state index contributed by atoms with van der Waals surface area (Å²) in [7, 11) is 0. The van der Waals surface area contributed by atoms with Crippen LogP contribution in [0.4, 0.5) is 15.8 Å². The Morgan fingerprint density at radius 2 is 1.67 bits per heavy atom. The van der Waals surface area contributed by atoms with E-state index >= 15 is 0 Å². The van der Waals surface area contributed by atoms with E-state index < -0.39 is 44.6 Å². The molecule has 0 radical (unpaired) electrons. The molecule has 0 saturated heterocycles. The largest absolute Gasteiger partial charge is 0.463 e. The number of nitro groups is 2. The maximum atomic E-state index is 14.2. The van der Waals surface area contributed by atoms with Crippen molar-refractivity contribution < 1.29 is 28.5 Å². The number of aromatic nitrogens is 1. The number of carbonyl (C=O) groups is 1. The van der Waals surface area contributed by atoms with Crippen molar-refractivity contribution in [1.82, 2.24) is 4.57 Å². The van der Waals surface area contributed by atoms with E-state index in [1.54, 1.807) is 49.4 Å². The van der Waals surface area contributed by atoms with Crippen molar-refractivity contribution in [2.75, 3.05) is 6.61 Å². The van der Waals surface area contributed by atoms with E-state index in [1.165, 1.54) is 41.0 Å². The van der Waals surface area contributed by atoms with Gasteiger partial charge < -0.3 is 9.47 Å². The molecular formula is C34H23FN4O8S. The van der Waals surface area contributed by atoms with Crippen LogP contribution in [-0.2, 0) is 9.53 Å². The van der Waals surface area contributed by atoms with Gasteiger partial charge in [-0.2, -0.15) is 0 Å². The van der Waals surface area contributed by atoms with Gasteiger partial charge in [0.05, 0.1) is 44.4 Å². The van der Waals surface area contributed by atoms with Crippen molar-refractivity contribution in [1.29, 1.82) is 0 Å². The first-order chi connectivity index (χ1) is 23.2. The molecule has 0 saturated carbocycles. The van der Waals surface area contributed by atoms with E-state index in [9.17, 15) is 34.2 Å². The first-order valence-electron chi connectivity index (χ1n) is 14.4. The molecule has 14 heteroatoms. The Kier molecular flexibility index (Phi) is 8.73. The van der Waals surface area contributed by atoms with Crippen LogP contribution in [0.5, 0.6) is 11.5 Å². The molecule has 4 aromatic carbocycles. The monoisotopic (exact) mass is 666 g/mol. The fraction of sp³-hybridized carbons (Fsp3) is 0.0882. The second-order valence-electron chi connectivity index (χ2n) is 10.3. The second kappa shape index (κ2) is 13.2. The zero-order valence-electron chi connectivity index (χ0n) is 24.9. The van der Waals surface area contributed by atoms with Crippen LogP contribution in [-0.4, -0.2) is 27.0 Å². The molecule has 0 unspecified atom stereocenters. The fourth-order valence-corrected chi connectivity index (χ4v) is 6.19. The van der Waals surface area contributed by atoms with Crippen molar-refractivity contribution in [2.24, 2.45) is 4.99 Å². The number of rotatable bonds is 9. The lowest BCUT2D eigenvalue weighted by molar-refractivity contribution is -0.394. The molecule has 2 heterocycles. The maximum absolute atomic E-state index is 14.2. The Balaban J connectivity index is 1.54. The molecule has 0 spiro atoms. The Morgan fingerprint density at radius 1 is 0.958 bits per heavy atom. The van der Waals surface area contributed by atoms with Gasteiger partial charge in [-0.1, -0.05) is 72.0 Å². The predicted octanol–water partition coefficient (Wildman–Crippen LogP) is 5.68. The number of carbonyl (C=O) groups excluding carboxylic acids is 1. The highest BCUT2D eigenvalue weighted by molar-refractivity contribution is 7.07. The summed E-state index contributed by atoms with van der Waals surface area (Å²) < 4.78 is 26.9. The second-order valence-corrected chi connectivity index (χ2v) is 11.3. The minimum atomic E-state index is -1.02. The van der Waals surface area contributed by atoms with Crippen molar-refractivity contribution in [2.45, 2.75) is 13.0 Å². The van der Waals surface area contributed by atoms with Gasteiger partial charge in [0.1, 0.15) is 11.6 Å². The molecule has 5 aromatic rings. The summed E-state index contributed by atoms with van der Waals surface area (Å²) in [5.41, 5.74) is 0.209. The van der Waals surface area contributed by atoms with Crippen LogP contribution < -0.4 is 19.6 Å². The first-order valence-corrected chi connectivity index (χ1v) is 15.2. The van der Waals surface area contributed by atoms with E-state index in [4.69, 9.17) is 14.5 Å². The molecule has 0 fully saturated rings. The molecule has 1 atom stereocenters. The number of non-ortho nitro benzene ring substituents is 1. The summed E-state index contributed by atoms with van der Waals surface area (Å²) in [6, 6.07) is 22.8. The molecule has 1 aliphatic rings. The normalized spacial score (nSPS) is 14.2.